The Balaban J connectivity index is 2.12. The van der Waals surface area contributed by atoms with Crippen molar-refractivity contribution in [2.45, 2.75) is 116 Å². The molecule has 0 spiro atoms. The predicted octanol–water partition coefficient (Wildman–Crippen LogP) is 5.96. The van der Waals surface area contributed by atoms with Gasteiger partial charge in [-0.1, -0.05) is 53.6 Å². The van der Waals surface area contributed by atoms with E-state index in [0.29, 0.717) is 30.0 Å². The normalized spacial score (nSPS) is 23.4. The first kappa shape index (κ1) is 29.5. The Hall–Kier alpha value is -2.03. The number of ether oxygens (including phenoxy) is 1. The maximum Gasteiger partial charge on any atom is 0.192 e. The molecule has 4 unspecified atom stereocenters. The standard InChI is InChI=1S/C24H44N8O3Si2/c1-12-16-29-18-20(25)27-14-28-21(18)32(16)22-17(30-31-26)19(35-37(10,11)24(5,6)7)15(34-22)13-33-36(8,9)23(2,3)4/h14-15,17,19,22H,12-13H2,1-11H3,(H2,25,27,28). The lowest BCUT2D eigenvalue weighted by Gasteiger charge is -2.41. The molecule has 2 N–H and O–H groups in total. The van der Waals surface area contributed by atoms with Crippen molar-refractivity contribution in [3.8, 4) is 0 Å². The lowest BCUT2D eigenvalue weighted by molar-refractivity contribution is -0.0398. The van der Waals surface area contributed by atoms with Crippen LogP contribution in [0.5, 0.6) is 0 Å². The van der Waals surface area contributed by atoms with Gasteiger partial charge in [-0.15, -0.1) is 0 Å². The zero-order valence-corrected chi connectivity index (χ0v) is 26.2. The van der Waals surface area contributed by atoms with Gasteiger partial charge in [-0.3, -0.25) is 4.57 Å². The zero-order valence-electron chi connectivity index (χ0n) is 24.2. The minimum Gasteiger partial charge on any atom is -0.414 e. The monoisotopic (exact) mass is 548 g/mol. The van der Waals surface area contributed by atoms with E-state index < -0.39 is 41.1 Å². The summed E-state index contributed by atoms with van der Waals surface area (Å²) in [6.07, 6.45) is 0.414. The first-order valence-electron chi connectivity index (χ1n) is 12.9. The Bertz CT molecular complexity index is 1170. The number of nitrogens with two attached hydrogens (primary N) is 1. The third-order valence-electron chi connectivity index (χ3n) is 8.30. The largest absolute Gasteiger partial charge is 0.414 e. The molecular weight excluding hydrogens is 504 g/mol. The number of anilines is 1. The molecule has 2 aromatic rings. The van der Waals surface area contributed by atoms with Crippen molar-refractivity contribution in [2.24, 2.45) is 5.11 Å². The van der Waals surface area contributed by atoms with Gasteiger partial charge in [-0.25, -0.2) is 15.0 Å². The summed E-state index contributed by atoms with van der Waals surface area (Å²) < 4.78 is 22.1. The molecule has 37 heavy (non-hydrogen) atoms. The van der Waals surface area contributed by atoms with Gasteiger partial charge in [-0.05, 0) is 41.8 Å². The highest BCUT2D eigenvalue weighted by molar-refractivity contribution is 6.74. The van der Waals surface area contributed by atoms with Crippen molar-refractivity contribution >= 4 is 33.6 Å². The average molecular weight is 549 g/mol. The molecule has 11 nitrogen and oxygen atoms in total. The van der Waals surface area contributed by atoms with Crippen LogP contribution in [0.4, 0.5) is 5.82 Å². The minimum atomic E-state index is -2.27. The molecular formula is C24H44N8O3Si2. The first-order chi connectivity index (χ1) is 16.9. The zero-order chi connectivity index (χ0) is 28.0. The summed E-state index contributed by atoms with van der Waals surface area (Å²) in [5.74, 6) is 1.02. The molecule has 1 aliphatic rings. The van der Waals surface area contributed by atoms with E-state index in [-0.39, 0.29) is 10.1 Å². The van der Waals surface area contributed by atoms with Crippen LogP contribution in [0.15, 0.2) is 11.4 Å². The number of aromatic nitrogens is 4. The number of rotatable bonds is 8. The van der Waals surface area contributed by atoms with Gasteiger partial charge >= 0.3 is 0 Å². The Morgan fingerprint density at radius 3 is 2.27 bits per heavy atom. The molecule has 0 amide bonds. The van der Waals surface area contributed by atoms with E-state index in [1.54, 1.807) is 0 Å². The van der Waals surface area contributed by atoms with E-state index in [1.807, 2.05) is 11.5 Å². The average Bonchev–Trinajstić information content (AvgIpc) is 3.30. The summed E-state index contributed by atoms with van der Waals surface area (Å²) in [7, 11) is -4.35. The van der Waals surface area contributed by atoms with Crippen LogP contribution < -0.4 is 5.73 Å². The fourth-order valence-corrected chi connectivity index (χ4v) is 6.25. The second-order valence-corrected chi connectivity index (χ2v) is 22.4. The topological polar surface area (TPSA) is 146 Å². The van der Waals surface area contributed by atoms with Gasteiger partial charge in [-0.2, -0.15) is 0 Å². The molecule has 0 saturated carbocycles. The van der Waals surface area contributed by atoms with Crippen molar-refractivity contribution in [1.82, 2.24) is 19.5 Å². The van der Waals surface area contributed by atoms with E-state index in [1.165, 1.54) is 6.33 Å². The summed E-state index contributed by atoms with van der Waals surface area (Å²) in [5, 5.41) is 4.23. The molecule has 0 bridgehead atoms. The lowest BCUT2D eigenvalue weighted by atomic mass is 10.1. The molecule has 206 valence electrons. The van der Waals surface area contributed by atoms with Crippen LogP contribution in [0.2, 0.25) is 36.3 Å². The Kier molecular flexibility index (Phi) is 8.20. The van der Waals surface area contributed by atoms with E-state index in [0.717, 1.165) is 5.82 Å². The van der Waals surface area contributed by atoms with Crippen LogP contribution in [0, 0.1) is 0 Å². The number of aryl methyl sites for hydroxylation is 1. The summed E-state index contributed by atoms with van der Waals surface area (Å²) in [4.78, 5) is 16.5. The van der Waals surface area contributed by atoms with Crippen LogP contribution >= 0.6 is 0 Å². The molecule has 1 aliphatic heterocycles. The summed E-state index contributed by atoms with van der Waals surface area (Å²) in [6, 6.07) is -0.647. The second kappa shape index (κ2) is 10.3. The van der Waals surface area contributed by atoms with E-state index in [9.17, 15) is 5.53 Å². The van der Waals surface area contributed by atoms with Crippen LogP contribution in [0.1, 0.15) is 60.5 Å². The minimum absolute atomic E-state index is 0.0371. The molecule has 3 heterocycles. The van der Waals surface area contributed by atoms with Gasteiger partial charge in [0.1, 0.15) is 30.5 Å². The van der Waals surface area contributed by atoms with Gasteiger partial charge in [0.15, 0.2) is 33.6 Å². The SMILES string of the molecule is CCc1nc2c(N)ncnc2n1C1OC(CO[Si](C)(C)C(C)(C)C)C(O[Si](C)(C)C(C)(C)C)C1N=[N+]=[N-]. The van der Waals surface area contributed by atoms with Gasteiger partial charge in [0, 0.05) is 11.3 Å². The molecule has 0 radical (unpaired) electrons. The lowest BCUT2D eigenvalue weighted by Crippen LogP contribution is -2.50. The van der Waals surface area contributed by atoms with Gasteiger partial charge in [0.25, 0.3) is 0 Å². The van der Waals surface area contributed by atoms with Gasteiger partial charge in [0.2, 0.25) is 0 Å². The van der Waals surface area contributed by atoms with Crippen LogP contribution in [0.3, 0.4) is 0 Å². The Morgan fingerprint density at radius 2 is 1.73 bits per heavy atom. The summed E-state index contributed by atoms with van der Waals surface area (Å²) in [6.45, 7) is 24.3. The number of hydrogen-bond donors (Lipinski definition) is 1. The number of azide groups is 1. The van der Waals surface area contributed by atoms with E-state index in [4.69, 9.17) is 24.3 Å². The smallest absolute Gasteiger partial charge is 0.192 e. The summed E-state index contributed by atoms with van der Waals surface area (Å²) in [5.41, 5.74) is 16.8. The molecule has 0 aliphatic carbocycles. The molecule has 0 aromatic carbocycles. The van der Waals surface area contributed by atoms with Crippen LogP contribution in [-0.4, -0.2) is 61.0 Å². The maximum atomic E-state index is 9.62. The fraction of sp³-hybridized carbons (Fsp3) is 0.792. The van der Waals surface area contributed by atoms with Crippen molar-refractivity contribution < 1.29 is 13.6 Å². The molecule has 1 saturated heterocycles. The number of hydrogen-bond acceptors (Lipinski definition) is 8. The maximum absolute atomic E-state index is 9.62. The molecule has 1 fully saturated rings. The van der Waals surface area contributed by atoms with Crippen molar-refractivity contribution in [3.63, 3.8) is 0 Å². The van der Waals surface area contributed by atoms with Crippen molar-refractivity contribution in [3.05, 3.63) is 22.6 Å². The summed E-state index contributed by atoms with van der Waals surface area (Å²) >= 11 is 0. The Labute approximate surface area is 222 Å². The molecule has 3 rings (SSSR count). The Morgan fingerprint density at radius 1 is 1.11 bits per heavy atom. The molecule has 2 aromatic heterocycles. The highest BCUT2D eigenvalue weighted by atomic mass is 28.4. The predicted molar refractivity (Wildman–Crippen MR) is 151 cm³/mol. The molecule has 4 atom stereocenters. The fourth-order valence-electron chi connectivity index (χ4n) is 3.91. The highest BCUT2D eigenvalue weighted by Gasteiger charge is 2.52. The third kappa shape index (κ3) is 5.71. The number of fused-ring (bicyclic) bond motifs is 1. The van der Waals surface area contributed by atoms with Crippen LogP contribution in [0.25, 0.3) is 21.6 Å². The quantitative estimate of drug-likeness (QED) is 0.185. The number of nitrogens with zero attached hydrogens (tertiary/aromatic N) is 7. The number of nitrogen functional groups attached to an aromatic ring is 1. The molecule has 13 heteroatoms. The second-order valence-electron chi connectivity index (χ2n) is 12.9. The first-order valence-corrected chi connectivity index (χ1v) is 18.8. The van der Waals surface area contributed by atoms with E-state index in [2.05, 4.69) is 87.7 Å². The van der Waals surface area contributed by atoms with Gasteiger partial charge in [0.05, 0.1) is 12.7 Å². The van der Waals surface area contributed by atoms with Gasteiger partial charge < -0.3 is 19.3 Å². The van der Waals surface area contributed by atoms with Crippen LogP contribution in [-0.2, 0) is 20.0 Å². The van der Waals surface area contributed by atoms with Crippen molar-refractivity contribution in [1.29, 1.82) is 0 Å². The van der Waals surface area contributed by atoms with Crippen molar-refractivity contribution in [2.75, 3.05) is 12.3 Å². The van der Waals surface area contributed by atoms with E-state index >= 15 is 0 Å². The third-order valence-corrected chi connectivity index (χ3v) is 17.3. The number of imidazole rings is 1. The highest BCUT2D eigenvalue weighted by Crippen LogP contribution is 2.44.